The zero-order chi connectivity index (χ0) is 17.4. The molecule has 0 radical (unpaired) electrons. The molecule has 25 heavy (non-hydrogen) atoms. The van der Waals surface area contributed by atoms with Gasteiger partial charge in [-0.2, -0.15) is 0 Å². The number of halogens is 2. The average molecular weight is 371 g/mol. The van der Waals surface area contributed by atoms with Gasteiger partial charge in [0.1, 0.15) is 0 Å². The Balaban J connectivity index is 1.55. The monoisotopic (exact) mass is 370 g/mol. The van der Waals surface area contributed by atoms with Gasteiger partial charge in [0, 0.05) is 51.4 Å². The number of aromatic nitrogens is 1. The molecule has 1 amide bonds. The molecule has 0 unspecified atom stereocenters. The number of rotatable bonds is 2. The Hall–Kier alpha value is -2.23. The normalized spacial score (nSPS) is 14.6. The Bertz CT molecular complexity index is 973. The first-order valence-electron chi connectivity index (χ1n) is 8.13. The SMILES string of the molecule is O=C(c1ccc(Cl)cc1)N1CC=C(c2c[nH]c3cc(Cl)ccc23)CC1. The van der Waals surface area contributed by atoms with Crippen molar-refractivity contribution in [1.29, 1.82) is 0 Å². The van der Waals surface area contributed by atoms with Crippen molar-refractivity contribution in [3.05, 3.63) is 75.9 Å². The molecule has 0 aliphatic carbocycles. The fourth-order valence-corrected chi connectivity index (χ4v) is 3.54. The van der Waals surface area contributed by atoms with E-state index >= 15 is 0 Å². The molecule has 1 aliphatic heterocycles. The van der Waals surface area contributed by atoms with Crippen LogP contribution in [-0.2, 0) is 0 Å². The molecule has 3 nitrogen and oxygen atoms in total. The van der Waals surface area contributed by atoms with Gasteiger partial charge in [-0.05, 0) is 48.4 Å². The van der Waals surface area contributed by atoms with Crippen LogP contribution in [0.15, 0.2) is 54.7 Å². The Kier molecular flexibility index (Phi) is 4.28. The molecule has 0 atom stereocenters. The summed E-state index contributed by atoms with van der Waals surface area (Å²) >= 11 is 11.9. The number of nitrogens with one attached hydrogen (secondary N) is 1. The smallest absolute Gasteiger partial charge is 0.254 e. The molecular weight excluding hydrogens is 355 g/mol. The van der Waals surface area contributed by atoms with Crippen LogP contribution >= 0.6 is 23.2 Å². The van der Waals surface area contributed by atoms with E-state index in [0.717, 1.165) is 22.3 Å². The van der Waals surface area contributed by atoms with Gasteiger partial charge in [0.15, 0.2) is 0 Å². The van der Waals surface area contributed by atoms with Crippen molar-refractivity contribution < 1.29 is 4.79 Å². The number of fused-ring (bicyclic) bond motifs is 1. The van der Waals surface area contributed by atoms with E-state index in [-0.39, 0.29) is 5.91 Å². The van der Waals surface area contributed by atoms with Gasteiger partial charge in [0.25, 0.3) is 5.91 Å². The van der Waals surface area contributed by atoms with E-state index in [1.807, 2.05) is 29.3 Å². The molecule has 0 saturated heterocycles. The minimum absolute atomic E-state index is 0.0395. The Morgan fingerprint density at radius 2 is 1.80 bits per heavy atom. The molecule has 0 saturated carbocycles. The van der Waals surface area contributed by atoms with Gasteiger partial charge in [-0.25, -0.2) is 0 Å². The average Bonchev–Trinajstić information content (AvgIpc) is 3.05. The lowest BCUT2D eigenvalue weighted by atomic mass is 9.98. The number of carbonyl (C=O) groups is 1. The third kappa shape index (κ3) is 3.17. The third-order valence-corrected chi connectivity index (χ3v) is 5.06. The lowest BCUT2D eigenvalue weighted by Crippen LogP contribution is -2.34. The van der Waals surface area contributed by atoms with Gasteiger partial charge >= 0.3 is 0 Å². The Labute approximate surface area is 155 Å². The molecule has 2 aromatic carbocycles. The summed E-state index contributed by atoms with van der Waals surface area (Å²) in [6.07, 6.45) is 4.98. The van der Waals surface area contributed by atoms with Crippen LogP contribution in [0.2, 0.25) is 10.0 Å². The van der Waals surface area contributed by atoms with Crippen molar-refractivity contribution in [1.82, 2.24) is 9.88 Å². The predicted octanol–water partition coefficient (Wildman–Crippen LogP) is 5.40. The van der Waals surface area contributed by atoms with E-state index in [1.54, 1.807) is 24.3 Å². The molecule has 0 bridgehead atoms. The van der Waals surface area contributed by atoms with E-state index in [4.69, 9.17) is 23.2 Å². The molecular formula is C20H16Cl2N2O. The van der Waals surface area contributed by atoms with Crippen LogP contribution in [0.5, 0.6) is 0 Å². The molecule has 0 spiro atoms. The maximum Gasteiger partial charge on any atom is 0.254 e. The van der Waals surface area contributed by atoms with Crippen LogP contribution < -0.4 is 0 Å². The van der Waals surface area contributed by atoms with E-state index < -0.39 is 0 Å². The van der Waals surface area contributed by atoms with Crippen LogP contribution in [0, 0.1) is 0 Å². The van der Waals surface area contributed by atoms with Crippen LogP contribution in [0.4, 0.5) is 0 Å². The van der Waals surface area contributed by atoms with Gasteiger partial charge < -0.3 is 9.88 Å². The molecule has 3 aromatic rings. The maximum absolute atomic E-state index is 12.6. The summed E-state index contributed by atoms with van der Waals surface area (Å²) in [5.74, 6) is 0.0395. The van der Waals surface area contributed by atoms with Gasteiger partial charge in [-0.1, -0.05) is 35.3 Å². The van der Waals surface area contributed by atoms with Crippen molar-refractivity contribution in [3.8, 4) is 0 Å². The van der Waals surface area contributed by atoms with Gasteiger partial charge in [-0.15, -0.1) is 0 Å². The summed E-state index contributed by atoms with van der Waals surface area (Å²) in [5.41, 5.74) is 4.14. The van der Waals surface area contributed by atoms with Gasteiger partial charge in [0.2, 0.25) is 0 Å². The highest BCUT2D eigenvalue weighted by atomic mass is 35.5. The van der Waals surface area contributed by atoms with Crippen molar-refractivity contribution in [2.75, 3.05) is 13.1 Å². The van der Waals surface area contributed by atoms with Crippen LogP contribution in [0.1, 0.15) is 22.3 Å². The highest BCUT2D eigenvalue weighted by Crippen LogP contribution is 2.31. The first-order valence-corrected chi connectivity index (χ1v) is 8.88. The lowest BCUT2D eigenvalue weighted by molar-refractivity contribution is 0.0773. The van der Waals surface area contributed by atoms with Crippen LogP contribution in [0.25, 0.3) is 16.5 Å². The molecule has 2 heterocycles. The number of benzene rings is 2. The van der Waals surface area contributed by atoms with Crippen LogP contribution in [0.3, 0.4) is 0 Å². The fraction of sp³-hybridized carbons (Fsp3) is 0.150. The summed E-state index contributed by atoms with van der Waals surface area (Å²) in [6.45, 7) is 1.31. The quantitative estimate of drug-likeness (QED) is 0.643. The van der Waals surface area contributed by atoms with Gasteiger partial charge in [-0.3, -0.25) is 4.79 Å². The fourth-order valence-electron chi connectivity index (χ4n) is 3.24. The first kappa shape index (κ1) is 16.2. The Morgan fingerprint density at radius 3 is 2.52 bits per heavy atom. The number of amides is 1. The first-order chi connectivity index (χ1) is 12.1. The van der Waals surface area contributed by atoms with E-state index in [2.05, 4.69) is 11.1 Å². The molecule has 126 valence electrons. The molecule has 1 aliphatic rings. The molecule has 4 rings (SSSR count). The summed E-state index contributed by atoms with van der Waals surface area (Å²) in [4.78, 5) is 17.7. The zero-order valence-corrected chi connectivity index (χ0v) is 14.9. The number of carbonyl (C=O) groups excluding carboxylic acids is 1. The summed E-state index contributed by atoms with van der Waals surface area (Å²) in [5, 5.41) is 2.52. The second-order valence-electron chi connectivity index (χ2n) is 6.13. The molecule has 1 N–H and O–H groups in total. The number of H-pyrrole nitrogens is 1. The number of hydrogen-bond acceptors (Lipinski definition) is 1. The maximum atomic E-state index is 12.6. The topological polar surface area (TPSA) is 36.1 Å². The second kappa shape index (κ2) is 6.58. The summed E-state index contributed by atoms with van der Waals surface area (Å²) in [7, 11) is 0. The molecule has 0 fully saturated rings. The number of aromatic amines is 1. The molecule has 5 heteroatoms. The van der Waals surface area contributed by atoms with Crippen molar-refractivity contribution in [2.24, 2.45) is 0 Å². The number of hydrogen-bond donors (Lipinski definition) is 1. The summed E-state index contributed by atoms with van der Waals surface area (Å²) in [6, 6.07) is 12.9. The minimum Gasteiger partial charge on any atom is -0.361 e. The lowest BCUT2D eigenvalue weighted by Gasteiger charge is -2.26. The van der Waals surface area contributed by atoms with E-state index in [0.29, 0.717) is 23.7 Å². The highest BCUT2D eigenvalue weighted by molar-refractivity contribution is 6.31. The summed E-state index contributed by atoms with van der Waals surface area (Å²) < 4.78 is 0. The van der Waals surface area contributed by atoms with E-state index in [1.165, 1.54) is 11.1 Å². The second-order valence-corrected chi connectivity index (χ2v) is 7.00. The minimum atomic E-state index is 0.0395. The standard InChI is InChI=1S/C20H16Cl2N2O/c21-15-3-1-14(2-4-15)20(25)24-9-7-13(8-10-24)18-12-23-19-11-16(22)5-6-17(18)19/h1-7,11-12,23H,8-10H2. The predicted molar refractivity (Wildman–Crippen MR) is 103 cm³/mol. The largest absolute Gasteiger partial charge is 0.361 e. The third-order valence-electron chi connectivity index (χ3n) is 4.58. The van der Waals surface area contributed by atoms with Crippen molar-refractivity contribution in [3.63, 3.8) is 0 Å². The van der Waals surface area contributed by atoms with Crippen molar-refractivity contribution >= 4 is 45.6 Å². The number of nitrogens with zero attached hydrogens (tertiary/aromatic N) is 1. The van der Waals surface area contributed by atoms with E-state index in [9.17, 15) is 4.79 Å². The highest BCUT2D eigenvalue weighted by Gasteiger charge is 2.20. The van der Waals surface area contributed by atoms with Crippen molar-refractivity contribution in [2.45, 2.75) is 6.42 Å². The molecule has 1 aromatic heterocycles. The van der Waals surface area contributed by atoms with Gasteiger partial charge in [0.05, 0.1) is 0 Å². The van der Waals surface area contributed by atoms with Crippen LogP contribution in [-0.4, -0.2) is 28.9 Å². The zero-order valence-electron chi connectivity index (χ0n) is 13.4. The Morgan fingerprint density at radius 1 is 1.04 bits per heavy atom.